The molecule has 2 aromatic rings. The first kappa shape index (κ1) is 19.4. The molecule has 0 aliphatic heterocycles. The minimum absolute atomic E-state index is 0.00408. The van der Waals surface area contributed by atoms with Crippen molar-refractivity contribution in [2.75, 3.05) is 24.3 Å². The van der Waals surface area contributed by atoms with Crippen LogP contribution in [-0.2, 0) is 10.0 Å². The normalized spacial score (nSPS) is 13.8. The lowest BCUT2D eigenvalue weighted by atomic mass is 10.2. The van der Waals surface area contributed by atoms with Crippen molar-refractivity contribution in [2.45, 2.75) is 10.9 Å². The molecule has 2 N–H and O–H groups in total. The van der Waals surface area contributed by atoms with E-state index in [9.17, 15) is 8.42 Å². The van der Waals surface area contributed by atoms with Crippen LogP contribution in [0, 0.1) is 0 Å². The van der Waals surface area contributed by atoms with Gasteiger partial charge in [0.2, 0.25) is 5.88 Å². The van der Waals surface area contributed by atoms with Gasteiger partial charge in [0, 0.05) is 11.8 Å². The van der Waals surface area contributed by atoms with E-state index in [1.54, 1.807) is 12.1 Å². The van der Waals surface area contributed by atoms with Crippen LogP contribution in [0.15, 0.2) is 71.7 Å². The molecule has 1 aromatic carbocycles. The maximum absolute atomic E-state index is 12.6. The third-order valence-corrected chi connectivity index (χ3v) is 5.15. The molecule has 28 heavy (non-hydrogen) atoms. The molecule has 9 heteroatoms. The average molecular weight is 400 g/mol. The zero-order valence-corrected chi connectivity index (χ0v) is 16.2. The molecule has 0 amide bonds. The Bertz CT molecular complexity index is 976. The first-order valence-corrected chi connectivity index (χ1v) is 9.86. The number of ether oxygens (including phenoxy) is 2. The molecule has 8 nitrogen and oxygen atoms in total. The van der Waals surface area contributed by atoms with E-state index < -0.39 is 10.0 Å². The minimum Gasteiger partial charge on any atom is -0.481 e. The fourth-order valence-electron chi connectivity index (χ4n) is 2.43. The summed E-state index contributed by atoms with van der Waals surface area (Å²) in [5.41, 5.74) is 0.797. The Hall–Kier alpha value is -3.33. The van der Waals surface area contributed by atoms with Gasteiger partial charge in [0.25, 0.3) is 10.0 Å². The molecular formula is C19H20N4O4S. The average Bonchev–Trinajstić information content (AvgIpc) is 2.96. The Kier molecular flexibility index (Phi) is 5.95. The zero-order chi connectivity index (χ0) is 20.0. The second kappa shape index (κ2) is 8.57. The maximum Gasteiger partial charge on any atom is 0.321 e. The van der Waals surface area contributed by atoms with Crippen molar-refractivity contribution in [3.8, 4) is 11.9 Å². The highest BCUT2D eigenvalue weighted by molar-refractivity contribution is 7.92. The Morgan fingerprint density at radius 3 is 2.21 bits per heavy atom. The van der Waals surface area contributed by atoms with Crippen molar-refractivity contribution in [2.24, 2.45) is 0 Å². The predicted molar refractivity (Wildman–Crippen MR) is 107 cm³/mol. The van der Waals surface area contributed by atoms with E-state index in [-0.39, 0.29) is 28.6 Å². The minimum atomic E-state index is -3.84. The lowest BCUT2D eigenvalue weighted by Gasteiger charge is -2.13. The molecule has 0 radical (unpaired) electrons. The van der Waals surface area contributed by atoms with Gasteiger partial charge in [-0.2, -0.15) is 9.97 Å². The summed E-state index contributed by atoms with van der Waals surface area (Å²) in [5.74, 6) is 0.232. The van der Waals surface area contributed by atoms with E-state index in [2.05, 4.69) is 20.0 Å². The highest BCUT2D eigenvalue weighted by atomic mass is 32.2. The van der Waals surface area contributed by atoms with E-state index in [0.717, 1.165) is 5.69 Å². The predicted octanol–water partition coefficient (Wildman–Crippen LogP) is 2.76. The number of benzene rings is 1. The molecule has 0 spiro atoms. The number of allylic oxidation sites excluding steroid dienone is 4. The van der Waals surface area contributed by atoms with Crippen LogP contribution in [0.1, 0.15) is 0 Å². The van der Waals surface area contributed by atoms with Gasteiger partial charge in [-0.1, -0.05) is 36.5 Å². The molecule has 3 rings (SSSR count). The van der Waals surface area contributed by atoms with Crippen molar-refractivity contribution < 1.29 is 17.9 Å². The second-order valence-electron chi connectivity index (χ2n) is 5.74. The summed E-state index contributed by atoms with van der Waals surface area (Å²) in [5, 5.41) is 3.30. The number of anilines is 2. The van der Waals surface area contributed by atoms with Gasteiger partial charge in [-0.25, -0.2) is 8.42 Å². The SMILES string of the molecule is COc1cc(NS(=O)(=O)c2ccc(NC3C=CC=CC=C3)cc2)nc(OC)n1. The first-order valence-electron chi connectivity index (χ1n) is 8.38. The van der Waals surface area contributed by atoms with Crippen LogP contribution in [0.3, 0.4) is 0 Å². The summed E-state index contributed by atoms with van der Waals surface area (Å²) < 4.78 is 37.7. The number of hydrogen-bond acceptors (Lipinski definition) is 7. The lowest BCUT2D eigenvalue weighted by Crippen LogP contribution is -2.15. The fourth-order valence-corrected chi connectivity index (χ4v) is 3.42. The Morgan fingerprint density at radius 2 is 1.61 bits per heavy atom. The smallest absolute Gasteiger partial charge is 0.321 e. The standard InChI is InChI=1S/C19H20N4O4S/c1-26-18-13-17(21-19(22-18)27-2)23-28(24,25)16-11-9-15(10-12-16)20-14-7-5-3-4-6-8-14/h3-14,20H,1-2H3,(H,21,22,23). The van der Waals surface area contributed by atoms with Crippen molar-refractivity contribution in [1.29, 1.82) is 0 Å². The molecule has 1 heterocycles. The largest absolute Gasteiger partial charge is 0.481 e. The Labute approximate surface area is 163 Å². The molecule has 1 aromatic heterocycles. The number of methoxy groups -OCH3 is 2. The molecule has 0 atom stereocenters. The monoisotopic (exact) mass is 400 g/mol. The zero-order valence-electron chi connectivity index (χ0n) is 15.4. The van der Waals surface area contributed by atoms with Crippen LogP contribution < -0.4 is 19.5 Å². The molecule has 1 aliphatic carbocycles. The summed E-state index contributed by atoms with van der Waals surface area (Å²) in [7, 11) is -1.04. The van der Waals surface area contributed by atoms with E-state index in [1.165, 1.54) is 32.4 Å². The highest BCUT2D eigenvalue weighted by Gasteiger charge is 2.17. The summed E-state index contributed by atoms with van der Waals surface area (Å²) in [6, 6.07) is 7.83. The first-order chi connectivity index (χ1) is 13.5. The number of nitrogens with zero attached hydrogens (tertiary/aromatic N) is 2. The summed E-state index contributed by atoms with van der Waals surface area (Å²) in [6.45, 7) is 0. The fraction of sp³-hybridized carbons (Fsp3) is 0.158. The van der Waals surface area contributed by atoms with Gasteiger partial charge in [-0.05, 0) is 24.3 Å². The van der Waals surface area contributed by atoms with Crippen LogP contribution in [-0.4, -0.2) is 38.6 Å². The molecule has 0 saturated carbocycles. The Balaban J connectivity index is 1.75. The quantitative estimate of drug-likeness (QED) is 0.737. The third kappa shape index (κ3) is 4.89. The number of sulfonamides is 1. The molecule has 0 bridgehead atoms. The van der Waals surface area contributed by atoms with Crippen molar-refractivity contribution in [3.63, 3.8) is 0 Å². The van der Waals surface area contributed by atoms with Gasteiger partial charge in [0.05, 0.1) is 25.2 Å². The van der Waals surface area contributed by atoms with Crippen LogP contribution in [0.2, 0.25) is 0 Å². The molecule has 0 fully saturated rings. The van der Waals surface area contributed by atoms with Crippen molar-refractivity contribution in [3.05, 3.63) is 66.8 Å². The van der Waals surface area contributed by atoms with E-state index in [1.807, 2.05) is 36.5 Å². The van der Waals surface area contributed by atoms with Gasteiger partial charge in [0.1, 0.15) is 0 Å². The van der Waals surface area contributed by atoms with Crippen LogP contribution in [0.5, 0.6) is 11.9 Å². The highest BCUT2D eigenvalue weighted by Crippen LogP contribution is 2.22. The van der Waals surface area contributed by atoms with Crippen molar-refractivity contribution in [1.82, 2.24) is 9.97 Å². The maximum atomic E-state index is 12.6. The summed E-state index contributed by atoms with van der Waals surface area (Å²) in [6.07, 6.45) is 11.8. The third-order valence-electron chi connectivity index (χ3n) is 3.78. The van der Waals surface area contributed by atoms with E-state index >= 15 is 0 Å². The molecular weight excluding hydrogens is 380 g/mol. The molecule has 146 valence electrons. The van der Waals surface area contributed by atoms with Gasteiger partial charge in [-0.15, -0.1) is 0 Å². The Morgan fingerprint density at radius 1 is 0.929 bits per heavy atom. The summed E-state index contributed by atoms with van der Waals surface area (Å²) in [4.78, 5) is 8.01. The lowest BCUT2D eigenvalue weighted by molar-refractivity contribution is 0.353. The molecule has 0 saturated heterocycles. The second-order valence-corrected chi connectivity index (χ2v) is 7.42. The number of aromatic nitrogens is 2. The van der Waals surface area contributed by atoms with Crippen molar-refractivity contribution >= 4 is 21.5 Å². The van der Waals surface area contributed by atoms with E-state index in [0.29, 0.717) is 0 Å². The van der Waals surface area contributed by atoms with Gasteiger partial charge in [-0.3, -0.25) is 4.72 Å². The van der Waals surface area contributed by atoms with Crippen LogP contribution in [0.25, 0.3) is 0 Å². The van der Waals surface area contributed by atoms with Crippen LogP contribution in [0.4, 0.5) is 11.5 Å². The number of rotatable bonds is 7. The topological polar surface area (TPSA) is 102 Å². The molecule has 1 aliphatic rings. The van der Waals surface area contributed by atoms with Gasteiger partial charge in [0.15, 0.2) is 5.82 Å². The van der Waals surface area contributed by atoms with Gasteiger partial charge >= 0.3 is 6.01 Å². The summed E-state index contributed by atoms with van der Waals surface area (Å²) >= 11 is 0. The van der Waals surface area contributed by atoms with Crippen LogP contribution >= 0.6 is 0 Å². The van der Waals surface area contributed by atoms with Gasteiger partial charge < -0.3 is 14.8 Å². The number of nitrogens with one attached hydrogen (secondary N) is 2. The van der Waals surface area contributed by atoms with E-state index in [4.69, 9.17) is 9.47 Å². The number of hydrogen-bond donors (Lipinski definition) is 2. The molecule has 0 unspecified atom stereocenters.